The van der Waals surface area contributed by atoms with Crippen molar-refractivity contribution in [3.8, 4) is 0 Å². The van der Waals surface area contributed by atoms with Gasteiger partial charge in [0.25, 0.3) is 0 Å². The van der Waals surface area contributed by atoms with Gasteiger partial charge >= 0.3 is 0 Å². The zero-order chi connectivity index (χ0) is 15.1. The van der Waals surface area contributed by atoms with Crippen molar-refractivity contribution in [1.82, 2.24) is 10.0 Å². The molecule has 1 saturated carbocycles. The third-order valence-electron chi connectivity index (χ3n) is 3.33. The van der Waals surface area contributed by atoms with E-state index >= 15 is 0 Å². The van der Waals surface area contributed by atoms with Crippen molar-refractivity contribution >= 4 is 21.4 Å². The smallest absolute Gasteiger partial charge is 0.250 e. The maximum absolute atomic E-state index is 12.1. The second-order valence-electron chi connectivity index (χ2n) is 5.34. The molecule has 5 nitrogen and oxygen atoms in total. The molecule has 0 aromatic carbocycles. The number of hydrogen-bond acceptors (Lipinski definition) is 5. The zero-order valence-electron chi connectivity index (χ0n) is 12.4. The molecule has 1 aromatic heterocycles. The van der Waals surface area contributed by atoms with Crippen molar-refractivity contribution in [1.29, 1.82) is 0 Å². The Balaban J connectivity index is 1.68. The average Bonchev–Trinajstić information content (AvgIpc) is 3.15. The average molecular weight is 332 g/mol. The van der Waals surface area contributed by atoms with Gasteiger partial charge in [0.1, 0.15) is 4.21 Å². The van der Waals surface area contributed by atoms with Gasteiger partial charge in [-0.2, -0.15) is 0 Å². The van der Waals surface area contributed by atoms with E-state index in [1.54, 1.807) is 6.07 Å². The SMILES string of the molecule is CNCCc1ccc(S(=O)(=O)NCCCOCC2CC2)s1. The highest BCUT2D eigenvalue weighted by Gasteiger charge is 2.21. The molecule has 0 amide bonds. The van der Waals surface area contributed by atoms with Crippen LogP contribution in [-0.4, -0.2) is 41.8 Å². The van der Waals surface area contributed by atoms with Crippen LogP contribution in [0, 0.1) is 5.92 Å². The van der Waals surface area contributed by atoms with Crippen molar-refractivity contribution in [2.24, 2.45) is 5.92 Å². The van der Waals surface area contributed by atoms with Gasteiger partial charge in [-0.25, -0.2) is 13.1 Å². The molecule has 1 heterocycles. The lowest BCUT2D eigenvalue weighted by Crippen LogP contribution is -2.24. The van der Waals surface area contributed by atoms with Crippen LogP contribution in [0.25, 0.3) is 0 Å². The highest BCUT2D eigenvalue weighted by molar-refractivity contribution is 7.91. The highest BCUT2D eigenvalue weighted by atomic mass is 32.2. The topological polar surface area (TPSA) is 67.4 Å². The molecule has 0 saturated heterocycles. The van der Waals surface area contributed by atoms with E-state index in [-0.39, 0.29) is 0 Å². The fourth-order valence-corrected chi connectivity index (χ4v) is 4.35. The summed E-state index contributed by atoms with van der Waals surface area (Å²) in [4.78, 5) is 1.08. The number of sulfonamides is 1. The quantitative estimate of drug-likeness (QED) is 0.604. The molecular formula is C14H24N2O3S2. The number of rotatable bonds is 11. The molecule has 0 spiro atoms. The fraction of sp³-hybridized carbons (Fsp3) is 0.714. The molecule has 120 valence electrons. The maximum atomic E-state index is 12.1. The summed E-state index contributed by atoms with van der Waals surface area (Å²) in [6, 6.07) is 3.57. The Kier molecular flexibility index (Phi) is 6.63. The summed E-state index contributed by atoms with van der Waals surface area (Å²) in [5.74, 6) is 0.754. The number of thiophene rings is 1. The molecule has 1 fully saturated rings. The molecule has 0 aliphatic heterocycles. The Morgan fingerprint density at radius 2 is 2.14 bits per heavy atom. The summed E-state index contributed by atoms with van der Waals surface area (Å²) < 4.78 is 32.7. The van der Waals surface area contributed by atoms with Crippen LogP contribution >= 0.6 is 11.3 Å². The van der Waals surface area contributed by atoms with Crippen molar-refractivity contribution in [2.75, 3.05) is 33.4 Å². The summed E-state index contributed by atoms with van der Waals surface area (Å²) in [6.07, 6.45) is 4.12. The third kappa shape index (κ3) is 6.04. The van der Waals surface area contributed by atoms with Gasteiger partial charge in [0.2, 0.25) is 10.0 Å². The lowest BCUT2D eigenvalue weighted by Gasteiger charge is -2.05. The molecule has 2 rings (SSSR count). The summed E-state index contributed by atoms with van der Waals surface area (Å²) >= 11 is 1.34. The number of hydrogen-bond donors (Lipinski definition) is 2. The van der Waals surface area contributed by atoms with Crippen molar-refractivity contribution < 1.29 is 13.2 Å². The highest BCUT2D eigenvalue weighted by Crippen LogP contribution is 2.28. The van der Waals surface area contributed by atoms with Gasteiger partial charge in [-0.15, -0.1) is 11.3 Å². The Hall–Kier alpha value is -0.470. The van der Waals surface area contributed by atoms with Gasteiger partial charge in [0.15, 0.2) is 0 Å². The molecule has 0 bridgehead atoms. The van der Waals surface area contributed by atoms with E-state index in [0.29, 0.717) is 23.8 Å². The van der Waals surface area contributed by atoms with Crippen LogP contribution in [0.5, 0.6) is 0 Å². The van der Waals surface area contributed by atoms with Gasteiger partial charge in [-0.1, -0.05) is 0 Å². The molecule has 0 atom stereocenters. The predicted molar refractivity (Wildman–Crippen MR) is 85.3 cm³/mol. The molecule has 1 aliphatic rings. The Labute approximate surface area is 131 Å². The van der Waals surface area contributed by atoms with Gasteiger partial charge < -0.3 is 10.1 Å². The number of likely N-dealkylation sites (N-methyl/N-ethyl adjacent to an activating group) is 1. The second-order valence-corrected chi connectivity index (χ2v) is 8.51. The van der Waals surface area contributed by atoms with Crippen LogP contribution in [0.4, 0.5) is 0 Å². The van der Waals surface area contributed by atoms with E-state index in [4.69, 9.17) is 4.74 Å². The Bertz CT molecular complexity index is 524. The molecule has 7 heteroatoms. The minimum atomic E-state index is -3.36. The lowest BCUT2D eigenvalue weighted by molar-refractivity contribution is 0.123. The van der Waals surface area contributed by atoms with Gasteiger partial charge in [0.05, 0.1) is 0 Å². The normalized spacial score (nSPS) is 15.5. The molecule has 2 N–H and O–H groups in total. The van der Waals surface area contributed by atoms with E-state index < -0.39 is 10.0 Å². The molecule has 21 heavy (non-hydrogen) atoms. The largest absolute Gasteiger partial charge is 0.381 e. The van der Waals surface area contributed by atoms with Crippen molar-refractivity contribution in [2.45, 2.75) is 29.9 Å². The minimum Gasteiger partial charge on any atom is -0.381 e. The molecule has 1 aromatic rings. The van der Waals surface area contributed by atoms with Crippen LogP contribution in [0.3, 0.4) is 0 Å². The molecule has 0 radical (unpaired) electrons. The van der Waals surface area contributed by atoms with Gasteiger partial charge in [-0.05, 0) is 57.3 Å². The number of nitrogens with one attached hydrogen (secondary N) is 2. The fourth-order valence-electron chi connectivity index (χ4n) is 1.87. The molecule has 0 unspecified atom stereocenters. The maximum Gasteiger partial charge on any atom is 0.250 e. The number of ether oxygens (including phenoxy) is 1. The molecular weight excluding hydrogens is 308 g/mol. The lowest BCUT2D eigenvalue weighted by atomic mass is 10.3. The summed E-state index contributed by atoms with van der Waals surface area (Å²) in [5.41, 5.74) is 0. The third-order valence-corrected chi connectivity index (χ3v) is 6.43. The van der Waals surface area contributed by atoms with Crippen molar-refractivity contribution in [3.63, 3.8) is 0 Å². The van der Waals surface area contributed by atoms with Crippen molar-refractivity contribution in [3.05, 3.63) is 17.0 Å². The first-order chi connectivity index (χ1) is 10.1. The van der Waals surface area contributed by atoms with Crippen LogP contribution in [0.2, 0.25) is 0 Å². The minimum absolute atomic E-state index is 0.396. The first kappa shape index (κ1) is 16.9. The second kappa shape index (κ2) is 8.24. The van der Waals surface area contributed by atoms with E-state index in [2.05, 4.69) is 10.0 Å². The van der Waals surface area contributed by atoms with E-state index in [9.17, 15) is 8.42 Å². The zero-order valence-corrected chi connectivity index (χ0v) is 14.1. The predicted octanol–water partition coefficient (Wildman–Crippen LogP) is 1.60. The van der Waals surface area contributed by atoms with Crippen LogP contribution < -0.4 is 10.0 Å². The summed E-state index contributed by atoms with van der Waals surface area (Å²) in [7, 11) is -1.48. The summed E-state index contributed by atoms with van der Waals surface area (Å²) in [5, 5.41) is 3.06. The first-order valence-corrected chi connectivity index (χ1v) is 9.72. The van der Waals surface area contributed by atoms with Gasteiger partial charge in [0, 0.05) is 24.6 Å². The van der Waals surface area contributed by atoms with E-state index in [0.717, 1.165) is 30.4 Å². The van der Waals surface area contributed by atoms with Crippen LogP contribution in [0.1, 0.15) is 24.1 Å². The van der Waals surface area contributed by atoms with Crippen LogP contribution in [0.15, 0.2) is 16.3 Å². The summed E-state index contributed by atoms with van der Waals surface area (Å²) in [6.45, 7) is 2.73. The standard InChI is InChI=1S/C14H24N2O3S2/c1-15-9-7-13-5-6-14(20-13)21(17,18)16-8-2-10-19-11-12-3-4-12/h5-6,12,15-16H,2-4,7-11H2,1H3. The van der Waals surface area contributed by atoms with Gasteiger partial charge in [-0.3, -0.25) is 0 Å². The Morgan fingerprint density at radius 1 is 1.33 bits per heavy atom. The van der Waals surface area contributed by atoms with E-state index in [1.165, 1.54) is 24.2 Å². The van der Waals surface area contributed by atoms with Crippen LogP contribution in [-0.2, 0) is 21.2 Å². The Morgan fingerprint density at radius 3 is 2.86 bits per heavy atom. The first-order valence-electron chi connectivity index (χ1n) is 7.42. The van der Waals surface area contributed by atoms with E-state index in [1.807, 2.05) is 13.1 Å². The monoisotopic (exact) mass is 332 g/mol. The molecule has 1 aliphatic carbocycles.